The van der Waals surface area contributed by atoms with Crippen molar-refractivity contribution in [2.45, 2.75) is 18.9 Å². The Morgan fingerprint density at radius 3 is 2.71 bits per heavy atom. The van der Waals surface area contributed by atoms with E-state index in [0.717, 1.165) is 19.4 Å². The molecule has 3 N–H and O–H groups in total. The number of aromatic nitrogens is 1. The predicted octanol–water partition coefficient (Wildman–Crippen LogP) is 3.46. The highest BCUT2D eigenvalue weighted by molar-refractivity contribution is 5.99. The first-order valence-corrected chi connectivity index (χ1v) is 7.84. The second kappa shape index (κ2) is 7.74. The summed E-state index contributed by atoms with van der Waals surface area (Å²) in [6.07, 6.45) is 5.31. The first-order valence-electron chi connectivity index (χ1n) is 7.84. The summed E-state index contributed by atoms with van der Waals surface area (Å²) < 4.78 is 19.6. The third kappa shape index (κ3) is 4.42. The molecule has 0 radical (unpaired) electrons. The number of benzene rings is 1. The maximum Gasteiger partial charge on any atom is 0.323 e. The lowest BCUT2D eigenvalue weighted by atomic mass is 10.2. The Morgan fingerprint density at radius 1 is 1.21 bits per heavy atom. The molecule has 2 amide bonds. The van der Waals surface area contributed by atoms with Gasteiger partial charge in [0.25, 0.3) is 0 Å². The highest BCUT2D eigenvalue weighted by atomic mass is 19.1. The molecule has 3 rings (SSSR count). The van der Waals surface area contributed by atoms with Gasteiger partial charge in [0, 0.05) is 36.9 Å². The van der Waals surface area contributed by atoms with Gasteiger partial charge in [-0.15, -0.1) is 0 Å². The summed E-state index contributed by atoms with van der Waals surface area (Å²) in [5.74, 6) is -0.422. The minimum Gasteiger partial charge on any atom is -0.380 e. The van der Waals surface area contributed by atoms with E-state index in [2.05, 4.69) is 20.9 Å². The van der Waals surface area contributed by atoms with Crippen molar-refractivity contribution in [1.82, 2.24) is 4.98 Å². The van der Waals surface area contributed by atoms with Crippen LogP contribution < -0.4 is 16.0 Å². The van der Waals surface area contributed by atoms with E-state index in [0.29, 0.717) is 23.6 Å². The molecular formula is C17H19FN4O2. The third-order valence-corrected chi connectivity index (χ3v) is 3.71. The van der Waals surface area contributed by atoms with Gasteiger partial charge >= 0.3 is 6.03 Å². The van der Waals surface area contributed by atoms with Gasteiger partial charge in [0.1, 0.15) is 5.82 Å². The van der Waals surface area contributed by atoms with E-state index < -0.39 is 11.8 Å². The van der Waals surface area contributed by atoms with Gasteiger partial charge in [-0.3, -0.25) is 4.98 Å². The number of halogens is 1. The molecule has 2 aromatic rings. The van der Waals surface area contributed by atoms with Crippen molar-refractivity contribution in [3.05, 3.63) is 48.5 Å². The Balaban J connectivity index is 1.54. The highest BCUT2D eigenvalue weighted by Gasteiger charge is 2.15. The first-order chi connectivity index (χ1) is 11.7. The van der Waals surface area contributed by atoms with Crippen LogP contribution in [-0.4, -0.2) is 30.3 Å². The smallest absolute Gasteiger partial charge is 0.323 e. The molecule has 1 aliphatic rings. The fourth-order valence-electron chi connectivity index (χ4n) is 2.49. The van der Waals surface area contributed by atoms with Gasteiger partial charge in [-0.25, -0.2) is 9.18 Å². The van der Waals surface area contributed by atoms with Crippen LogP contribution in [0.1, 0.15) is 12.8 Å². The summed E-state index contributed by atoms with van der Waals surface area (Å²) in [4.78, 5) is 15.7. The molecule has 7 heteroatoms. The van der Waals surface area contributed by atoms with Crippen molar-refractivity contribution in [2.75, 3.05) is 29.1 Å². The van der Waals surface area contributed by atoms with Crippen LogP contribution in [0.25, 0.3) is 0 Å². The molecule has 24 heavy (non-hydrogen) atoms. The molecule has 1 aliphatic heterocycles. The molecule has 0 bridgehead atoms. The summed E-state index contributed by atoms with van der Waals surface area (Å²) in [6.45, 7) is 1.34. The molecule has 0 unspecified atom stereocenters. The maximum atomic E-state index is 14.1. The van der Waals surface area contributed by atoms with E-state index in [-0.39, 0.29) is 6.10 Å². The molecule has 0 aliphatic carbocycles. The molecule has 1 aromatic heterocycles. The van der Waals surface area contributed by atoms with Crippen LogP contribution in [-0.2, 0) is 4.74 Å². The van der Waals surface area contributed by atoms with Gasteiger partial charge in [-0.2, -0.15) is 0 Å². The number of nitrogens with zero attached hydrogens (tertiary/aromatic N) is 1. The Morgan fingerprint density at radius 2 is 2.00 bits per heavy atom. The summed E-state index contributed by atoms with van der Waals surface area (Å²) in [7, 11) is 0. The fraction of sp³-hybridized carbons (Fsp3) is 0.294. The second-order valence-corrected chi connectivity index (χ2v) is 5.53. The van der Waals surface area contributed by atoms with E-state index in [9.17, 15) is 9.18 Å². The van der Waals surface area contributed by atoms with Gasteiger partial charge < -0.3 is 20.7 Å². The predicted molar refractivity (Wildman–Crippen MR) is 90.7 cm³/mol. The average Bonchev–Trinajstić information content (AvgIpc) is 3.08. The Kier molecular flexibility index (Phi) is 5.22. The summed E-state index contributed by atoms with van der Waals surface area (Å²) >= 11 is 0. The van der Waals surface area contributed by atoms with Crippen LogP contribution in [0.3, 0.4) is 0 Å². The van der Waals surface area contributed by atoms with Gasteiger partial charge in [0.2, 0.25) is 0 Å². The molecule has 1 saturated heterocycles. The minimum atomic E-state index is -0.444. The molecule has 1 fully saturated rings. The third-order valence-electron chi connectivity index (χ3n) is 3.71. The minimum absolute atomic E-state index is 0.133. The molecule has 6 nitrogen and oxygen atoms in total. The molecule has 1 aromatic carbocycles. The highest BCUT2D eigenvalue weighted by Crippen LogP contribution is 2.20. The van der Waals surface area contributed by atoms with Crippen molar-refractivity contribution >= 4 is 23.1 Å². The number of rotatable bonds is 5. The number of urea groups is 1. The van der Waals surface area contributed by atoms with Gasteiger partial charge in [-0.1, -0.05) is 0 Å². The van der Waals surface area contributed by atoms with Crippen LogP contribution in [0.5, 0.6) is 0 Å². The lowest BCUT2D eigenvalue weighted by Gasteiger charge is -2.13. The number of nitrogens with one attached hydrogen (secondary N) is 3. The first kappa shape index (κ1) is 16.2. The number of amides is 2. The Bertz CT molecular complexity index is 690. The molecule has 2 heterocycles. The average molecular weight is 330 g/mol. The quantitative estimate of drug-likeness (QED) is 0.785. The van der Waals surface area contributed by atoms with E-state index in [1.165, 1.54) is 6.07 Å². The number of carbonyl (C=O) groups is 1. The largest absolute Gasteiger partial charge is 0.380 e. The molecular weight excluding hydrogens is 311 g/mol. The van der Waals surface area contributed by atoms with Crippen molar-refractivity contribution in [3.8, 4) is 0 Å². The van der Waals surface area contributed by atoms with Crippen molar-refractivity contribution in [1.29, 1.82) is 0 Å². The summed E-state index contributed by atoms with van der Waals surface area (Å²) in [6, 6.07) is 7.42. The SMILES string of the molecule is O=C(Nc1ccncc1)Nc1ccc(NC[C@H]2CCCO2)c(F)c1. The van der Waals surface area contributed by atoms with E-state index in [1.54, 1.807) is 36.7 Å². The number of hydrogen-bond acceptors (Lipinski definition) is 4. The number of ether oxygens (including phenoxy) is 1. The summed E-state index contributed by atoms with van der Waals surface area (Å²) in [5.41, 5.74) is 1.38. The van der Waals surface area contributed by atoms with Crippen LogP contribution in [0.2, 0.25) is 0 Å². The zero-order valence-corrected chi connectivity index (χ0v) is 13.1. The normalized spacial score (nSPS) is 16.6. The van der Waals surface area contributed by atoms with Crippen molar-refractivity contribution in [2.24, 2.45) is 0 Å². The van der Waals surface area contributed by atoms with Crippen molar-refractivity contribution in [3.63, 3.8) is 0 Å². The van der Waals surface area contributed by atoms with Gasteiger partial charge in [0.05, 0.1) is 11.8 Å². The molecule has 0 saturated carbocycles. The van der Waals surface area contributed by atoms with Crippen LogP contribution in [0.4, 0.5) is 26.2 Å². The Hall–Kier alpha value is -2.67. The monoisotopic (exact) mass is 330 g/mol. The topological polar surface area (TPSA) is 75.3 Å². The Labute approximate surface area is 139 Å². The lowest BCUT2D eigenvalue weighted by Crippen LogP contribution is -2.20. The van der Waals surface area contributed by atoms with Crippen LogP contribution >= 0.6 is 0 Å². The van der Waals surface area contributed by atoms with Gasteiger partial charge in [0.15, 0.2) is 0 Å². The maximum absolute atomic E-state index is 14.1. The molecule has 1 atom stereocenters. The number of hydrogen-bond donors (Lipinski definition) is 3. The number of carbonyl (C=O) groups excluding carboxylic acids is 1. The number of anilines is 3. The van der Waals surface area contributed by atoms with E-state index in [1.807, 2.05) is 0 Å². The fourth-order valence-corrected chi connectivity index (χ4v) is 2.49. The molecule has 126 valence electrons. The zero-order chi connectivity index (χ0) is 16.8. The van der Waals surface area contributed by atoms with Gasteiger partial charge in [-0.05, 0) is 43.2 Å². The standard InChI is InChI=1S/C17H19FN4O2/c18-15-10-13(22-17(23)21-12-5-7-19-8-6-12)3-4-16(15)20-11-14-2-1-9-24-14/h3-8,10,14,20H,1-2,9,11H2,(H2,19,21,22,23)/t14-/m1/s1. The van der Waals surface area contributed by atoms with Crippen molar-refractivity contribution < 1.29 is 13.9 Å². The van der Waals surface area contributed by atoms with E-state index in [4.69, 9.17) is 4.74 Å². The number of pyridine rings is 1. The zero-order valence-electron chi connectivity index (χ0n) is 13.1. The van der Waals surface area contributed by atoms with Crippen LogP contribution in [0, 0.1) is 5.82 Å². The van der Waals surface area contributed by atoms with E-state index >= 15 is 0 Å². The summed E-state index contributed by atoms with van der Waals surface area (Å²) in [5, 5.41) is 8.27. The lowest BCUT2D eigenvalue weighted by molar-refractivity contribution is 0.120. The van der Waals surface area contributed by atoms with Crippen LogP contribution in [0.15, 0.2) is 42.7 Å². The second-order valence-electron chi connectivity index (χ2n) is 5.53. The molecule has 0 spiro atoms.